The minimum atomic E-state index is -0.528. The summed E-state index contributed by atoms with van der Waals surface area (Å²) in [5.74, 6) is 0.470. The second-order valence-electron chi connectivity index (χ2n) is 7.64. The maximum Gasteiger partial charge on any atom is 0.410 e. The molecule has 0 saturated carbocycles. The molecule has 1 aromatic carbocycles. The van der Waals surface area contributed by atoms with E-state index in [1.165, 1.54) is 17.4 Å². The minimum absolute atomic E-state index is 0.261. The molecule has 154 valence electrons. The largest absolute Gasteiger partial charge is 0.497 e. The van der Waals surface area contributed by atoms with Gasteiger partial charge in [-0.3, -0.25) is 10.1 Å². The zero-order chi connectivity index (χ0) is 21.0. The van der Waals surface area contributed by atoms with Crippen molar-refractivity contribution in [1.29, 1.82) is 0 Å². The summed E-state index contributed by atoms with van der Waals surface area (Å²) in [7, 11) is 1.60. The average Bonchev–Trinajstić information content (AvgIpc) is 3.06. The molecule has 0 atom stereocenters. The van der Waals surface area contributed by atoms with E-state index in [-0.39, 0.29) is 12.0 Å². The van der Waals surface area contributed by atoms with Crippen LogP contribution in [0.3, 0.4) is 0 Å². The highest BCUT2D eigenvalue weighted by molar-refractivity contribution is 7.15. The third-order valence-electron chi connectivity index (χ3n) is 4.13. The van der Waals surface area contributed by atoms with Gasteiger partial charge in [0, 0.05) is 23.9 Å². The second kappa shape index (κ2) is 8.65. The van der Waals surface area contributed by atoms with Crippen LogP contribution in [0.15, 0.2) is 30.3 Å². The Morgan fingerprint density at radius 2 is 2.10 bits per heavy atom. The summed E-state index contributed by atoms with van der Waals surface area (Å²) >= 11 is 1.38. The second-order valence-corrected chi connectivity index (χ2v) is 8.72. The number of benzene rings is 1. The van der Waals surface area contributed by atoms with Gasteiger partial charge in [0.1, 0.15) is 11.4 Å². The summed E-state index contributed by atoms with van der Waals surface area (Å²) in [6, 6.07) is 7.44. The Bertz CT molecular complexity index is 930. The molecule has 0 aliphatic carbocycles. The van der Waals surface area contributed by atoms with Crippen LogP contribution in [0.4, 0.5) is 9.93 Å². The van der Waals surface area contributed by atoms with Crippen molar-refractivity contribution in [2.75, 3.05) is 19.0 Å². The lowest BCUT2D eigenvalue weighted by Crippen LogP contribution is -2.39. The van der Waals surface area contributed by atoms with Crippen molar-refractivity contribution in [3.8, 4) is 5.75 Å². The van der Waals surface area contributed by atoms with Gasteiger partial charge in [-0.05, 0) is 44.5 Å². The molecule has 2 heterocycles. The van der Waals surface area contributed by atoms with E-state index in [0.29, 0.717) is 24.6 Å². The normalized spacial score (nSPS) is 13.9. The highest BCUT2D eigenvalue weighted by atomic mass is 32.1. The molecule has 1 N–H and O–H groups in total. The number of carbonyl (C=O) groups excluding carboxylic acids is 2. The van der Waals surface area contributed by atoms with Gasteiger partial charge in [-0.15, -0.1) is 0 Å². The predicted octanol–water partition coefficient (Wildman–Crippen LogP) is 4.10. The number of anilines is 1. The predicted molar refractivity (Wildman–Crippen MR) is 113 cm³/mol. The molecule has 3 rings (SSSR count). The molecule has 2 amide bonds. The Kier molecular flexibility index (Phi) is 6.22. The van der Waals surface area contributed by atoms with Gasteiger partial charge in [0.25, 0.3) is 0 Å². The smallest absolute Gasteiger partial charge is 0.410 e. The Balaban J connectivity index is 1.60. The summed E-state index contributed by atoms with van der Waals surface area (Å²) in [6.45, 7) is 6.53. The maximum atomic E-state index is 12.3. The molecule has 2 aromatic rings. The summed E-state index contributed by atoms with van der Waals surface area (Å²) < 4.78 is 10.6. The number of carbonyl (C=O) groups is 2. The standard InChI is InChI=1S/C21H25N3O4S/c1-21(2,3)28-20(26)24-11-10-16-17(13-24)29-19(22-16)23-18(25)9-8-14-6-5-7-15(12-14)27-4/h5-9,12H,10-11,13H2,1-4H3,(H,22,23,25)/b9-8+. The number of thiazole rings is 1. The van der Waals surface area contributed by atoms with Gasteiger partial charge in [-0.2, -0.15) is 0 Å². The first-order valence-corrected chi connectivity index (χ1v) is 10.1. The zero-order valence-corrected chi connectivity index (χ0v) is 17.8. The van der Waals surface area contributed by atoms with Crippen molar-refractivity contribution >= 4 is 34.5 Å². The van der Waals surface area contributed by atoms with Crippen LogP contribution in [0.25, 0.3) is 6.08 Å². The van der Waals surface area contributed by atoms with Gasteiger partial charge >= 0.3 is 6.09 Å². The van der Waals surface area contributed by atoms with Gasteiger partial charge in [0.15, 0.2) is 5.13 Å². The van der Waals surface area contributed by atoms with Crippen LogP contribution < -0.4 is 10.1 Å². The van der Waals surface area contributed by atoms with Gasteiger partial charge < -0.3 is 14.4 Å². The van der Waals surface area contributed by atoms with Gasteiger partial charge in [0.05, 0.1) is 19.3 Å². The summed E-state index contributed by atoms with van der Waals surface area (Å²) in [4.78, 5) is 31.6. The summed E-state index contributed by atoms with van der Waals surface area (Å²) in [5, 5.41) is 3.33. The Morgan fingerprint density at radius 1 is 1.31 bits per heavy atom. The molecular weight excluding hydrogens is 390 g/mol. The van der Waals surface area contributed by atoms with E-state index in [1.54, 1.807) is 18.1 Å². The number of amides is 2. The van der Waals surface area contributed by atoms with E-state index in [9.17, 15) is 9.59 Å². The highest BCUT2D eigenvalue weighted by Gasteiger charge is 2.28. The molecule has 1 aliphatic rings. The molecule has 29 heavy (non-hydrogen) atoms. The lowest BCUT2D eigenvalue weighted by molar-refractivity contribution is -0.111. The van der Waals surface area contributed by atoms with Crippen molar-refractivity contribution in [2.45, 2.75) is 39.3 Å². The molecule has 0 radical (unpaired) electrons. The highest BCUT2D eigenvalue weighted by Crippen LogP contribution is 2.29. The van der Waals surface area contributed by atoms with Gasteiger partial charge in [0.2, 0.25) is 5.91 Å². The van der Waals surface area contributed by atoms with Crippen LogP contribution in [-0.2, 0) is 22.5 Å². The number of hydrogen-bond acceptors (Lipinski definition) is 6. The van der Waals surface area contributed by atoms with E-state index in [2.05, 4.69) is 10.3 Å². The molecule has 0 spiro atoms. The fourth-order valence-electron chi connectivity index (χ4n) is 2.80. The summed E-state index contributed by atoms with van der Waals surface area (Å²) in [5.41, 5.74) is 1.26. The van der Waals surface area contributed by atoms with Crippen molar-refractivity contribution in [1.82, 2.24) is 9.88 Å². The molecule has 7 nitrogen and oxygen atoms in total. The zero-order valence-electron chi connectivity index (χ0n) is 17.0. The van der Waals surface area contributed by atoms with E-state index < -0.39 is 5.60 Å². The number of nitrogens with one attached hydrogen (secondary N) is 1. The van der Waals surface area contributed by atoms with Gasteiger partial charge in [-0.1, -0.05) is 23.5 Å². The SMILES string of the molecule is COc1cccc(/C=C/C(=O)Nc2nc3c(s2)CN(C(=O)OC(C)(C)C)CC3)c1. The summed E-state index contributed by atoms with van der Waals surface area (Å²) in [6.07, 6.45) is 3.49. The monoisotopic (exact) mass is 415 g/mol. The average molecular weight is 416 g/mol. The Labute approximate surface area is 174 Å². The van der Waals surface area contributed by atoms with Crippen LogP contribution in [0, 0.1) is 0 Å². The Hall–Kier alpha value is -2.87. The lowest BCUT2D eigenvalue weighted by Gasteiger charge is -2.29. The van der Waals surface area contributed by atoms with Crippen LogP contribution >= 0.6 is 11.3 Å². The van der Waals surface area contributed by atoms with Crippen LogP contribution in [0.1, 0.15) is 36.9 Å². The molecular formula is C21H25N3O4S. The lowest BCUT2D eigenvalue weighted by atomic mass is 10.2. The number of nitrogens with zero attached hydrogens (tertiary/aromatic N) is 2. The number of rotatable bonds is 4. The molecule has 1 aromatic heterocycles. The van der Waals surface area contributed by atoms with E-state index >= 15 is 0 Å². The first-order valence-electron chi connectivity index (χ1n) is 9.33. The third-order valence-corrected chi connectivity index (χ3v) is 5.13. The maximum absolute atomic E-state index is 12.3. The van der Waals surface area contributed by atoms with Crippen molar-refractivity contribution in [3.05, 3.63) is 46.5 Å². The molecule has 0 fully saturated rings. The molecule has 0 saturated heterocycles. The minimum Gasteiger partial charge on any atom is -0.497 e. The third kappa shape index (κ3) is 5.80. The fraction of sp³-hybridized carbons (Fsp3) is 0.381. The number of hydrogen-bond donors (Lipinski definition) is 1. The topological polar surface area (TPSA) is 80.8 Å². The molecule has 0 bridgehead atoms. The number of ether oxygens (including phenoxy) is 2. The van der Waals surface area contributed by atoms with E-state index in [0.717, 1.165) is 21.9 Å². The first-order chi connectivity index (χ1) is 13.7. The van der Waals surface area contributed by atoms with Crippen molar-refractivity contribution in [3.63, 3.8) is 0 Å². The van der Waals surface area contributed by atoms with Crippen LogP contribution in [0.2, 0.25) is 0 Å². The van der Waals surface area contributed by atoms with Crippen molar-refractivity contribution in [2.24, 2.45) is 0 Å². The van der Waals surface area contributed by atoms with E-state index in [4.69, 9.17) is 9.47 Å². The fourth-order valence-corrected chi connectivity index (χ4v) is 3.82. The van der Waals surface area contributed by atoms with Crippen LogP contribution in [-0.4, -0.2) is 41.1 Å². The molecule has 8 heteroatoms. The number of aromatic nitrogens is 1. The number of methoxy groups -OCH3 is 1. The molecule has 0 unspecified atom stereocenters. The Morgan fingerprint density at radius 3 is 2.83 bits per heavy atom. The van der Waals surface area contributed by atoms with Crippen molar-refractivity contribution < 1.29 is 19.1 Å². The quantitative estimate of drug-likeness (QED) is 0.761. The van der Waals surface area contributed by atoms with Gasteiger partial charge in [-0.25, -0.2) is 9.78 Å². The first kappa shape index (κ1) is 20.9. The van der Waals surface area contributed by atoms with E-state index in [1.807, 2.05) is 45.0 Å². The van der Waals surface area contributed by atoms with Crippen LogP contribution in [0.5, 0.6) is 5.75 Å². The molecule has 1 aliphatic heterocycles. The number of fused-ring (bicyclic) bond motifs is 1.